The number of carboxylic acids is 1. The molecule has 0 aliphatic rings. The molecule has 35 heavy (non-hydrogen) atoms. The lowest BCUT2D eigenvalue weighted by Crippen LogP contribution is -2.12. The third kappa shape index (κ3) is 6.40. The molecule has 0 unspecified atom stereocenters. The maximum atomic E-state index is 14.0. The lowest BCUT2D eigenvalue weighted by Gasteiger charge is -2.13. The van der Waals surface area contributed by atoms with E-state index in [-0.39, 0.29) is 22.2 Å². The highest BCUT2D eigenvalue weighted by molar-refractivity contribution is 7.17. The highest BCUT2D eigenvalue weighted by atomic mass is 32.1. The number of aromatic nitrogens is 2. The molecule has 0 spiro atoms. The minimum Gasteiger partial charge on any atom is -0.493 e. The van der Waals surface area contributed by atoms with Crippen molar-refractivity contribution in [3.63, 3.8) is 0 Å². The van der Waals surface area contributed by atoms with Crippen LogP contribution in [-0.4, -0.2) is 33.6 Å². The smallest absolute Gasteiger partial charge is 0.347 e. The molecule has 2 N–H and O–H groups in total. The molecule has 0 bridgehead atoms. The van der Waals surface area contributed by atoms with Crippen LogP contribution < -0.4 is 14.8 Å². The zero-order valence-electron chi connectivity index (χ0n) is 18.5. The molecule has 0 aliphatic heterocycles. The van der Waals surface area contributed by atoms with Gasteiger partial charge in [-0.3, -0.25) is 10.1 Å². The Bertz CT molecular complexity index is 1350. The fourth-order valence-corrected chi connectivity index (χ4v) is 4.49. The molecule has 2 heterocycles. The number of aryl methyl sites for hydroxylation is 1. The Kier molecular flexibility index (Phi) is 7.68. The van der Waals surface area contributed by atoms with Crippen LogP contribution in [-0.2, 0) is 13.0 Å². The van der Waals surface area contributed by atoms with E-state index in [4.69, 9.17) is 14.6 Å². The van der Waals surface area contributed by atoms with Gasteiger partial charge in [0.15, 0.2) is 5.13 Å². The molecule has 4 aromatic rings. The molecular formula is C24H20FN3O5S2. The Labute approximate surface area is 208 Å². The number of thiazole rings is 2. The lowest BCUT2D eigenvalue weighted by molar-refractivity contribution is 0.0701. The van der Waals surface area contributed by atoms with E-state index < -0.39 is 17.7 Å². The number of halogens is 1. The van der Waals surface area contributed by atoms with Gasteiger partial charge in [0.2, 0.25) is 0 Å². The standard InChI is InChI=1S/C24H20FN3O5S2/c1-14-20(34-13-27-14)6-7-32-17-8-16(22(29)28-24-26-11-21(35-24)23(30)31)9-18(10-17)33-12-15-4-2-3-5-19(15)25/h2-5,8-11,13H,6-7,12H2,1H3,(H,30,31)(H,26,28,29). The number of carbonyl (C=O) groups is 2. The van der Waals surface area contributed by atoms with E-state index in [2.05, 4.69) is 15.3 Å². The molecule has 0 atom stereocenters. The number of carbonyl (C=O) groups excluding carboxylic acids is 1. The Morgan fingerprint density at radius 3 is 2.57 bits per heavy atom. The lowest BCUT2D eigenvalue weighted by atomic mass is 10.2. The Morgan fingerprint density at radius 1 is 1.11 bits per heavy atom. The molecule has 0 fully saturated rings. The minimum atomic E-state index is -1.13. The first-order valence-corrected chi connectivity index (χ1v) is 12.1. The topological polar surface area (TPSA) is 111 Å². The number of carboxylic acid groups (broad SMARTS) is 1. The van der Waals surface area contributed by atoms with Crippen molar-refractivity contribution in [3.8, 4) is 11.5 Å². The summed E-state index contributed by atoms with van der Waals surface area (Å²) in [5, 5.41) is 11.8. The van der Waals surface area contributed by atoms with Crippen LogP contribution in [0.25, 0.3) is 0 Å². The van der Waals surface area contributed by atoms with Gasteiger partial charge in [-0.05, 0) is 25.1 Å². The van der Waals surface area contributed by atoms with Crippen molar-refractivity contribution in [2.24, 2.45) is 0 Å². The minimum absolute atomic E-state index is 0.00431. The number of rotatable bonds is 10. The fourth-order valence-electron chi connectivity index (χ4n) is 3.07. The average Bonchev–Trinajstić information content (AvgIpc) is 3.47. The molecule has 1 amide bonds. The number of nitrogens with zero attached hydrogens (tertiary/aromatic N) is 2. The third-order valence-corrected chi connectivity index (χ3v) is 6.77. The van der Waals surface area contributed by atoms with E-state index in [1.807, 2.05) is 6.92 Å². The second-order valence-electron chi connectivity index (χ2n) is 7.32. The number of nitrogens with one attached hydrogen (secondary N) is 1. The van der Waals surface area contributed by atoms with Crippen LogP contribution >= 0.6 is 22.7 Å². The van der Waals surface area contributed by atoms with Gasteiger partial charge < -0.3 is 14.6 Å². The molecule has 8 nitrogen and oxygen atoms in total. The highest BCUT2D eigenvalue weighted by Gasteiger charge is 2.15. The maximum Gasteiger partial charge on any atom is 0.347 e. The zero-order valence-corrected chi connectivity index (χ0v) is 20.1. The Hall–Kier alpha value is -3.83. The van der Waals surface area contributed by atoms with Gasteiger partial charge in [0, 0.05) is 28.5 Å². The van der Waals surface area contributed by atoms with Gasteiger partial charge in [0.1, 0.15) is 28.8 Å². The van der Waals surface area contributed by atoms with Gasteiger partial charge in [-0.2, -0.15) is 0 Å². The average molecular weight is 514 g/mol. The van der Waals surface area contributed by atoms with E-state index >= 15 is 0 Å². The van der Waals surface area contributed by atoms with Gasteiger partial charge in [-0.15, -0.1) is 11.3 Å². The van der Waals surface area contributed by atoms with Crippen molar-refractivity contribution in [2.45, 2.75) is 20.0 Å². The molecule has 180 valence electrons. The van der Waals surface area contributed by atoms with E-state index in [9.17, 15) is 14.0 Å². The van der Waals surface area contributed by atoms with Crippen LogP contribution in [0.1, 0.15) is 36.2 Å². The monoisotopic (exact) mass is 513 g/mol. The molecule has 4 rings (SSSR count). The van der Waals surface area contributed by atoms with E-state index in [0.29, 0.717) is 30.1 Å². The summed E-state index contributed by atoms with van der Waals surface area (Å²) in [5.41, 5.74) is 3.31. The van der Waals surface area contributed by atoms with E-state index in [1.54, 1.807) is 47.2 Å². The van der Waals surface area contributed by atoms with Gasteiger partial charge in [0.05, 0.1) is 24.0 Å². The predicted octanol–water partition coefficient (Wildman–Crippen LogP) is 5.20. The number of amides is 1. The summed E-state index contributed by atoms with van der Waals surface area (Å²) in [7, 11) is 0. The number of hydrogen-bond acceptors (Lipinski definition) is 8. The SMILES string of the molecule is Cc1ncsc1CCOc1cc(OCc2ccccc2F)cc(C(=O)Nc2ncc(C(=O)O)s2)c1. The molecule has 2 aromatic carbocycles. The molecule has 2 aromatic heterocycles. The second kappa shape index (κ2) is 11.1. The summed E-state index contributed by atoms with van der Waals surface area (Å²) < 4.78 is 25.6. The van der Waals surface area contributed by atoms with Crippen molar-refractivity contribution >= 4 is 39.7 Å². The number of aromatic carboxylic acids is 1. The Balaban J connectivity index is 1.52. The molecule has 0 saturated carbocycles. The van der Waals surface area contributed by atoms with Crippen LogP contribution in [0.3, 0.4) is 0 Å². The Morgan fingerprint density at radius 2 is 1.89 bits per heavy atom. The molecule has 0 aliphatic carbocycles. The van der Waals surface area contributed by atoms with Gasteiger partial charge in [-0.25, -0.2) is 19.2 Å². The fraction of sp³-hybridized carbons (Fsp3) is 0.167. The number of ether oxygens (including phenoxy) is 2. The van der Waals surface area contributed by atoms with Gasteiger partial charge in [0.25, 0.3) is 5.91 Å². The number of benzene rings is 2. The zero-order chi connectivity index (χ0) is 24.8. The summed E-state index contributed by atoms with van der Waals surface area (Å²) in [4.78, 5) is 33.2. The molecular weight excluding hydrogens is 493 g/mol. The summed E-state index contributed by atoms with van der Waals surface area (Å²) in [6.07, 6.45) is 1.82. The van der Waals surface area contributed by atoms with Crippen LogP contribution in [0, 0.1) is 12.7 Å². The number of hydrogen-bond donors (Lipinski definition) is 2. The molecule has 11 heteroatoms. The van der Waals surface area contributed by atoms with Crippen LogP contribution in [0.5, 0.6) is 11.5 Å². The van der Waals surface area contributed by atoms with Crippen molar-refractivity contribution in [1.29, 1.82) is 0 Å². The molecule has 0 radical (unpaired) electrons. The first-order chi connectivity index (χ1) is 16.9. The predicted molar refractivity (Wildman–Crippen MR) is 130 cm³/mol. The first-order valence-electron chi connectivity index (χ1n) is 10.4. The summed E-state index contributed by atoms with van der Waals surface area (Å²) >= 11 is 2.39. The molecule has 0 saturated heterocycles. The van der Waals surface area contributed by atoms with Crippen LogP contribution in [0.4, 0.5) is 9.52 Å². The highest BCUT2D eigenvalue weighted by Crippen LogP contribution is 2.26. The van der Waals surface area contributed by atoms with Crippen molar-refractivity contribution in [3.05, 3.63) is 86.6 Å². The van der Waals surface area contributed by atoms with Crippen LogP contribution in [0.15, 0.2) is 54.2 Å². The van der Waals surface area contributed by atoms with Crippen molar-refractivity contribution in [2.75, 3.05) is 11.9 Å². The second-order valence-corrected chi connectivity index (χ2v) is 9.29. The maximum absolute atomic E-state index is 14.0. The normalized spacial score (nSPS) is 10.7. The summed E-state index contributed by atoms with van der Waals surface area (Å²) in [6, 6.07) is 10.9. The van der Waals surface area contributed by atoms with E-state index in [1.165, 1.54) is 18.3 Å². The van der Waals surface area contributed by atoms with E-state index in [0.717, 1.165) is 21.9 Å². The third-order valence-electron chi connectivity index (χ3n) is 4.87. The first kappa shape index (κ1) is 24.3. The quantitative estimate of drug-likeness (QED) is 0.300. The van der Waals surface area contributed by atoms with Crippen molar-refractivity contribution in [1.82, 2.24) is 9.97 Å². The summed E-state index contributed by atoms with van der Waals surface area (Å²) in [6.45, 7) is 2.25. The number of anilines is 1. The van der Waals surface area contributed by atoms with Gasteiger partial charge >= 0.3 is 5.97 Å². The van der Waals surface area contributed by atoms with Gasteiger partial charge in [-0.1, -0.05) is 29.5 Å². The largest absolute Gasteiger partial charge is 0.493 e. The summed E-state index contributed by atoms with van der Waals surface area (Å²) in [5.74, 6) is -1.33. The van der Waals surface area contributed by atoms with Crippen LogP contribution in [0.2, 0.25) is 0 Å². The van der Waals surface area contributed by atoms with Crippen molar-refractivity contribution < 1.29 is 28.6 Å².